The molecule has 2 unspecified atom stereocenters. The van der Waals surface area contributed by atoms with E-state index in [2.05, 4.69) is 15.4 Å². The zero-order valence-corrected chi connectivity index (χ0v) is 34.2. The quantitative estimate of drug-likeness (QED) is 0.0667. The zero-order valence-electron chi connectivity index (χ0n) is 32.5. The number of hydrogen-bond acceptors (Lipinski definition) is 7. The van der Waals surface area contributed by atoms with Gasteiger partial charge in [-0.1, -0.05) is 130 Å². The number of phenols is 1. The molecule has 0 radical (unpaired) electrons. The van der Waals surface area contributed by atoms with Crippen LogP contribution in [0.5, 0.6) is 5.75 Å². The summed E-state index contributed by atoms with van der Waals surface area (Å²) in [5.41, 5.74) is 9.98. The molecule has 5 aromatic carbocycles. The molecule has 0 saturated heterocycles. The van der Waals surface area contributed by atoms with Gasteiger partial charge in [-0.15, -0.1) is 0 Å². The number of hydrogen-bond donors (Lipinski definition) is 6. The average molecular weight is 825 g/mol. The molecule has 12 nitrogen and oxygen atoms in total. The Morgan fingerprint density at radius 1 is 0.672 bits per heavy atom. The van der Waals surface area contributed by atoms with Crippen molar-refractivity contribution < 1.29 is 37.4 Å². The molecule has 5 rings (SSSR count). The van der Waals surface area contributed by atoms with Crippen molar-refractivity contribution in [2.75, 3.05) is 6.16 Å². The molecule has 4 atom stereocenters. The second kappa shape index (κ2) is 18.8. The van der Waals surface area contributed by atoms with Crippen molar-refractivity contribution in [2.45, 2.75) is 68.2 Å². The molecular formula is C44H49N4O8PS. The maximum atomic E-state index is 14.2. The van der Waals surface area contributed by atoms with E-state index in [0.29, 0.717) is 16.7 Å². The third-order valence-electron chi connectivity index (χ3n) is 9.64. The molecule has 7 N–H and O–H groups in total. The largest absolute Gasteiger partial charge is 0.508 e. The van der Waals surface area contributed by atoms with Gasteiger partial charge in [0.25, 0.3) is 0 Å². The van der Waals surface area contributed by atoms with Crippen LogP contribution in [-0.4, -0.2) is 60.2 Å². The summed E-state index contributed by atoms with van der Waals surface area (Å²) in [6.45, 7) is 5.96. The number of primary amides is 1. The molecule has 0 aliphatic heterocycles. The monoisotopic (exact) mass is 824 g/mol. The van der Waals surface area contributed by atoms with Crippen LogP contribution in [0.1, 0.15) is 43.0 Å². The Balaban J connectivity index is 1.39. The number of benzene rings is 5. The van der Waals surface area contributed by atoms with Gasteiger partial charge in [-0.05, 0) is 69.5 Å². The fraction of sp³-hybridized carbons (Fsp3) is 0.250. The van der Waals surface area contributed by atoms with Gasteiger partial charge < -0.3 is 26.4 Å². The van der Waals surface area contributed by atoms with Gasteiger partial charge in [-0.3, -0.25) is 18.9 Å². The number of nitrogens with two attached hydrogens (primary N) is 1. The number of aromatic hydroxyl groups is 1. The molecule has 0 fully saturated rings. The van der Waals surface area contributed by atoms with Crippen LogP contribution in [0.4, 0.5) is 0 Å². The molecule has 304 valence electrons. The summed E-state index contributed by atoms with van der Waals surface area (Å²) in [4.78, 5) is 51.6. The standard InChI is InChI=1S/C44H49N4O8PS/c1-44(2,3)35-20-24-37(25-21-35)58(55,56)48-41(28-30-10-6-4-7-11-30)57(53,54)29-40(50)46-39(27-31-14-18-34(19-15-31)33-12-8-5-9-13-33)43(52)47-38(42(45)51)26-32-16-22-36(49)23-17-32/h4-25,38-39,41,48-49H,26-29H2,1-3H3,(H2,45,51)(H,46,50)(H,47,52)(H,53,54)/t38?,39-,41-/m0/s1. The van der Waals surface area contributed by atoms with Gasteiger partial charge in [0.2, 0.25) is 35.1 Å². The fourth-order valence-electron chi connectivity index (χ4n) is 6.31. The van der Waals surface area contributed by atoms with Gasteiger partial charge in [-0.25, -0.2) is 8.42 Å². The second-order valence-electron chi connectivity index (χ2n) is 15.2. The number of nitrogens with one attached hydrogen (secondary N) is 3. The highest BCUT2D eigenvalue weighted by molar-refractivity contribution is 7.90. The minimum atomic E-state index is -4.71. The van der Waals surface area contributed by atoms with E-state index in [1.807, 2.05) is 63.2 Å². The Bertz CT molecular complexity index is 2340. The fourth-order valence-corrected chi connectivity index (χ4v) is 9.68. The molecule has 14 heteroatoms. The highest BCUT2D eigenvalue weighted by Gasteiger charge is 2.38. The summed E-state index contributed by atoms with van der Waals surface area (Å²) < 4.78 is 43.9. The molecule has 0 aromatic heterocycles. The predicted octanol–water partition coefficient (Wildman–Crippen LogP) is 5.41. The first-order chi connectivity index (χ1) is 27.4. The van der Waals surface area contributed by atoms with Crippen molar-refractivity contribution in [3.05, 3.63) is 156 Å². The Kier molecular flexibility index (Phi) is 14.1. The molecule has 0 heterocycles. The lowest BCUT2D eigenvalue weighted by Gasteiger charge is -2.26. The van der Waals surface area contributed by atoms with Gasteiger partial charge >= 0.3 is 0 Å². The Labute approximate surface area is 339 Å². The van der Waals surface area contributed by atoms with E-state index >= 15 is 0 Å². The Hall–Kier alpha value is -5.59. The van der Waals surface area contributed by atoms with Crippen LogP contribution in [0.15, 0.2) is 138 Å². The summed E-state index contributed by atoms with van der Waals surface area (Å²) in [5, 5.41) is 14.9. The topological polar surface area (TPSA) is 205 Å². The van der Waals surface area contributed by atoms with Crippen molar-refractivity contribution in [2.24, 2.45) is 5.73 Å². The van der Waals surface area contributed by atoms with Crippen LogP contribution in [0, 0.1) is 0 Å². The minimum Gasteiger partial charge on any atom is -0.508 e. The highest BCUT2D eigenvalue weighted by atomic mass is 32.2. The van der Waals surface area contributed by atoms with Gasteiger partial charge in [0.15, 0.2) is 0 Å². The lowest BCUT2D eigenvalue weighted by atomic mass is 9.87. The van der Waals surface area contributed by atoms with Crippen molar-refractivity contribution in [1.82, 2.24) is 15.4 Å². The number of rotatable bonds is 17. The van der Waals surface area contributed by atoms with E-state index in [9.17, 15) is 37.4 Å². The highest BCUT2D eigenvalue weighted by Crippen LogP contribution is 2.46. The maximum Gasteiger partial charge on any atom is 0.243 e. The maximum absolute atomic E-state index is 14.2. The normalized spacial score (nSPS) is 14.3. The molecule has 0 spiro atoms. The number of carbonyl (C=O) groups excluding carboxylic acids is 3. The van der Waals surface area contributed by atoms with Crippen molar-refractivity contribution >= 4 is 35.1 Å². The molecule has 0 aliphatic carbocycles. The molecule has 0 bridgehead atoms. The van der Waals surface area contributed by atoms with E-state index in [-0.39, 0.29) is 35.3 Å². The SMILES string of the molecule is CC(C)(C)c1ccc(S(=O)(=O)N[C@H](Cc2ccccc2)P(=O)(O)CC(=O)N[C@@H](Cc2ccc(-c3ccccc3)cc2)C(=O)NC(Cc2ccc(O)cc2)C(N)=O)cc1. The molecule has 3 amide bonds. The van der Waals surface area contributed by atoms with Crippen LogP contribution in [0.2, 0.25) is 0 Å². The lowest BCUT2D eigenvalue weighted by Crippen LogP contribution is -2.54. The van der Waals surface area contributed by atoms with Crippen molar-refractivity contribution in [3.8, 4) is 16.9 Å². The number of amides is 3. The van der Waals surface area contributed by atoms with Crippen LogP contribution in [-0.2, 0) is 53.6 Å². The molecular weight excluding hydrogens is 776 g/mol. The van der Waals surface area contributed by atoms with Crippen molar-refractivity contribution in [3.63, 3.8) is 0 Å². The predicted molar refractivity (Wildman–Crippen MR) is 225 cm³/mol. The third-order valence-corrected chi connectivity index (χ3v) is 13.3. The number of sulfonamides is 1. The Morgan fingerprint density at radius 3 is 1.72 bits per heavy atom. The van der Waals surface area contributed by atoms with Crippen LogP contribution in [0.3, 0.4) is 0 Å². The summed E-state index contributed by atoms with van der Waals surface area (Å²) in [6, 6.07) is 35.1. The summed E-state index contributed by atoms with van der Waals surface area (Å²) in [7, 11) is -9.06. The lowest BCUT2D eigenvalue weighted by molar-refractivity contribution is -0.130. The second-order valence-corrected chi connectivity index (χ2v) is 19.4. The average Bonchev–Trinajstić information content (AvgIpc) is 3.18. The van der Waals surface area contributed by atoms with Gasteiger partial charge in [0, 0.05) is 12.8 Å². The van der Waals surface area contributed by atoms with E-state index in [0.717, 1.165) is 16.7 Å². The molecule has 58 heavy (non-hydrogen) atoms. The first kappa shape index (κ1) is 43.5. The number of carbonyl (C=O) groups is 3. The zero-order chi connectivity index (χ0) is 42.1. The van der Waals surface area contributed by atoms with Crippen LogP contribution >= 0.6 is 7.37 Å². The van der Waals surface area contributed by atoms with E-state index in [1.165, 1.54) is 24.3 Å². The third kappa shape index (κ3) is 12.2. The summed E-state index contributed by atoms with van der Waals surface area (Å²) in [6.07, 6.45) is -1.33. The van der Waals surface area contributed by atoms with E-state index in [1.54, 1.807) is 66.7 Å². The summed E-state index contributed by atoms with van der Waals surface area (Å²) in [5.74, 6) is -4.22. The van der Waals surface area contributed by atoms with Crippen LogP contribution < -0.4 is 21.1 Å². The first-order valence-electron chi connectivity index (χ1n) is 18.7. The molecule has 0 saturated carbocycles. The van der Waals surface area contributed by atoms with Crippen molar-refractivity contribution in [1.29, 1.82) is 0 Å². The van der Waals surface area contributed by atoms with Gasteiger partial charge in [0.1, 0.15) is 29.8 Å². The van der Waals surface area contributed by atoms with E-state index < -0.39 is 59.1 Å². The first-order valence-corrected chi connectivity index (χ1v) is 22.1. The minimum absolute atomic E-state index is 0.0132. The smallest absolute Gasteiger partial charge is 0.243 e. The summed E-state index contributed by atoms with van der Waals surface area (Å²) >= 11 is 0. The van der Waals surface area contributed by atoms with E-state index in [4.69, 9.17) is 5.73 Å². The van der Waals surface area contributed by atoms with Gasteiger partial charge in [0.05, 0.1) is 4.90 Å². The van der Waals surface area contributed by atoms with Gasteiger partial charge in [-0.2, -0.15) is 4.72 Å². The molecule has 5 aromatic rings. The Morgan fingerprint density at radius 2 is 1.17 bits per heavy atom. The van der Waals surface area contributed by atoms with Crippen LogP contribution in [0.25, 0.3) is 11.1 Å². The molecule has 0 aliphatic rings. The number of phenolic OH excluding ortho intramolecular Hbond substituents is 1.